The number of amides is 6. The van der Waals surface area contributed by atoms with Gasteiger partial charge in [-0.15, -0.1) is 0 Å². The number of ether oxygens (including phenoxy) is 1. The van der Waals surface area contributed by atoms with Gasteiger partial charge < -0.3 is 36.2 Å². The first-order valence-corrected chi connectivity index (χ1v) is 22.0. The molecule has 15 nitrogen and oxygen atoms in total. The number of likely N-dealkylation sites (tertiary alicyclic amines) is 1. The van der Waals surface area contributed by atoms with Crippen LogP contribution in [0.15, 0.2) is 24.3 Å². The summed E-state index contributed by atoms with van der Waals surface area (Å²) in [6, 6.07) is 3.49. The molecule has 1 saturated heterocycles. The molecule has 57 heavy (non-hydrogen) atoms. The predicted octanol–water partition coefficient (Wildman–Crippen LogP) is 3.51. The number of hydrogen-bond acceptors (Lipinski definition) is 9. The van der Waals surface area contributed by atoms with E-state index in [-0.39, 0.29) is 31.1 Å². The van der Waals surface area contributed by atoms with Crippen LogP contribution in [-0.4, -0.2) is 107 Å². The SMILES string of the molecule is CC(C)(C)C(NC(=O)NC1(CS(=O)(=O)C(C)(C)C)CCCCC1)C(=O)N1C[C@H](OC(=O)N2CCc3ccccc3C2)C[C@H]1C(=O)NC(CC1CCC1)C(=O)C(N)=O. The Morgan fingerprint density at radius 3 is 2.16 bits per heavy atom. The molecule has 0 bridgehead atoms. The molecule has 2 aliphatic carbocycles. The van der Waals surface area contributed by atoms with Crippen molar-refractivity contribution in [2.75, 3.05) is 18.8 Å². The summed E-state index contributed by atoms with van der Waals surface area (Å²) in [5.74, 6) is -3.57. The molecule has 5 N–H and O–H groups in total. The lowest BCUT2D eigenvalue weighted by Gasteiger charge is -2.41. The fraction of sp³-hybridized carbons (Fsp3) is 0.707. The van der Waals surface area contributed by atoms with E-state index in [1.165, 1.54) is 4.90 Å². The maximum Gasteiger partial charge on any atom is 0.410 e. The van der Waals surface area contributed by atoms with Gasteiger partial charge in [0, 0.05) is 19.5 Å². The van der Waals surface area contributed by atoms with Crippen LogP contribution < -0.4 is 21.7 Å². The number of nitrogens with two attached hydrogens (primary N) is 1. The van der Waals surface area contributed by atoms with Crippen LogP contribution in [0.5, 0.6) is 0 Å². The Bertz CT molecular complexity index is 1810. The average molecular weight is 815 g/mol. The topological polar surface area (TPSA) is 214 Å². The highest BCUT2D eigenvalue weighted by Crippen LogP contribution is 2.34. The number of ketones is 1. The standard InChI is InChI=1S/C41H62N6O9S/c1-39(2,3)33(44-37(52)45-41(18-10-7-11-19-41)25-57(54,55)40(4,5)6)36(51)47-24-29(56-38(53)46-20-17-27-15-8-9-16-28(27)23-46)22-31(47)35(50)43-30(32(48)34(42)49)21-26-13-12-14-26/h8-9,15-16,26,29-31,33H,7,10-14,17-25H2,1-6H3,(H2,42,49)(H,43,50)(H2,44,45,52)/t29-,30?,31+,33?/m1/s1. The minimum absolute atomic E-state index is 0.0918. The zero-order chi connectivity index (χ0) is 41.9. The number of sulfone groups is 1. The van der Waals surface area contributed by atoms with Crippen molar-refractivity contribution in [3.63, 3.8) is 0 Å². The largest absolute Gasteiger partial charge is 0.444 e. The highest BCUT2D eigenvalue weighted by molar-refractivity contribution is 7.92. The van der Waals surface area contributed by atoms with Gasteiger partial charge in [0.05, 0.1) is 28.6 Å². The zero-order valence-electron chi connectivity index (χ0n) is 34.4. The number of fused-ring (bicyclic) bond motifs is 1. The highest BCUT2D eigenvalue weighted by Gasteiger charge is 2.48. The molecule has 2 unspecified atom stereocenters. The molecule has 2 saturated carbocycles. The van der Waals surface area contributed by atoms with Gasteiger partial charge in [-0.2, -0.15) is 0 Å². The quantitative estimate of drug-likeness (QED) is 0.227. The number of carbonyl (C=O) groups excluding carboxylic acids is 6. The van der Waals surface area contributed by atoms with Crippen molar-refractivity contribution in [1.29, 1.82) is 0 Å². The van der Waals surface area contributed by atoms with Crippen molar-refractivity contribution in [1.82, 2.24) is 25.8 Å². The van der Waals surface area contributed by atoms with Gasteiger partial charge in [-0.1, -0.05) is 83.6 Å². The number of Topliss-reactive ketones (excluding diaryl/α,β-unsaturated/α-hetero) is 1. The van der Waals surface area contributed by atoms with Crippen LogP contribution in [0.3, 0.4) is 0 Å². The lowest BCUT2D eigenvalue weighted by atomic mass is 9.80. The van der Waals surface area contributed by atoms with E-state index in [1.807, 2.05) is 24.3 Å². The van der Waals surface area contributed by atoms with Crippen molar-refractivity contribution in [2.45, 2.75) is 153 Å². The van der Waals surface area contributed by atoms with Crippen LogP contribution in [0.2, 0.25) is 0 Å². The number of nitrogens with zero attached hydrogens (tertiary/aromatic N) is 2. The second-order valence-electron chi connectivity index (χ2n) is 18.6. The number of urea groups is 1. The maximum absolute atomic E-state index is 14.7. The summed E-state index contributed by atoms with van der Waals surface area (Å²) in [5.41, 5.74) is 5.58. The third kappa shape index (κ3) is 10.7. The summed E-state index contributed by atoms with van der Waals surface area (Å²) in [4.78, 5) is 84.1. The second kappa shape index (κ2) is 17.3. The van der Waals surface area contributed by atoms with Crippen molar-refractivity contribution >= 4 is 45.5 Å². The molecule has 1 aromatic carbocycles. The summed E-state index contributed by atoms with van der Waals surface area (Å²) in [5, 5.41) is 8.48. The predicted molar refractivity (Wildman–Crippen MR) is 213 cm³/mol. The number of carbonyl (C=O) groups is 6. The molecule has 316 valence electrons. The van der Waals surface area contributed by atoms with E-state index >= 15 is 0 Å². The van der Waals surface area contributed by atoms with E-state index in [0.29, 0.717) is 32.4 Å². The number of primary amides is 1. The molecular weight excluding hydrogens is 753 g/mol. The first-order valence-electron chi connectivity index (χ1n) is 20.4. The van der Waals surface area contributed by atoms with E-state index < -0.39 is 85.4 Å². The molecule has 2 heterocycles. The Hall–Kier alpha value is -4.21. The Kier molecular flexibility index (Phi) is 13.4. The number of rotatable bonds is 12. The van der Waals surface area contributed by atoms with Crippen molar-refractivity contribution in [3.05, 3.63) is 35.4 Å². The third-order valence-corrected chi connectivity index (χ3v) is 15.0. The summed E-state index contributed by atoms with van der Waals surface area (Å²) in [7, 11) is -3.63. The Balaban J connectivity index is 1.38. The first kappa shape index (κ1) is 43.9. The van der Waals surface area contributed by atoms with E-state index in [2.05, 4.69) is 16.0 Å². The van der Waals surface area contributed by atoms with Crippen molar-refractivity contribution < 1.29 is 41.9 Å². The molecule has 2 aliphatic heterocycles. The molecule has 4 aliphatic rings. The van der Waals surface area contributed by atoms with Gasteiger partial charge in [-0.25, -0.2) is 18.0 Å². The smallest absolute Gasteiger partial charge is 0.410 e. The monoisotopic (exact) mass is 814 g/mol. The molecule has 3 fully saturated rings. The van der Waals surface area contributed by atoms with Crippen LogP contribution in [-0.2, 0) is 46.7 Å². The van der Waals surface area contributed by atoms with Crippen molar-refractivity contribution in [2.24, 2.45) is 17.1 Å². The fourth-order valence-electron chi connectivity index (χ4n) is 8.31. The lowest BCUT2D eigenvalue weighted by molar-refractivity contribution is -0.143. The molecule has 6 amide bonds. The van der Waals surface area contributed by atoms with Crippen LogP contribution in [0.25, 0.3) is 0 Å². The van der Waals surface area contributed by atoms with Crippen LogP contribution >= 0.6 is 0 Å². The Labute approximate surface area is 336 Å². The third-order valence-electron chi connectivity index (χ3n) is 12.2. The molecular formula is C41H62N6O9S. The van der Waals surface area contributed by atoms with E-state index in [0.717, 1.165) is 49.7 Å². The molecule has 0 radical (unpaired) electrons. The number of benzene rings is 1. The van der Waals surface area contributed by atoms with E-state index in [1.54, 1.807) is 46.4 Å². The van der Waals surface area contributed by atoms with Gasteiger partial charge in [0.25, 0.3) is 5.91 Å². The van der Waals surface area contributed by atoms with Gasteiger partial charge in [0.15, 0.2) is 9.84 Å². The molecule has 16 heteroatoms. The van der Waals surface area contributed by atoms with Gasteiger partial charge in [0.2, 0.25) is 17.6 Å². The normalized spacial score (nSPS) is 22.3. The number of hydrogen-bond donors (Lipinski definition) is 4. The molecule has 4 atom stereocenters. The van der Waals surface area contributed by atoms with Gasteiger partial charge in [0.1, 0.15) is 18.2 Å². The fourth-order valence-corrected chi connectivity index (χ4v) is 9.83. The van der Waals surface area contributed by atoms with Crippen LogP contribution in [0, 0.1) is 11.3 Å². The highest BCUT2D eigenvalue weighted by atomic mass is 32.2. The Morgan fingerprint density at radius 2 is 1.58 bits per heavy atom. The summed E-state index contributed by atoms with van der Waals surface area (Å²) in [6.07, 6.45) is 5.22. The maximum atomic E-state index is 14.7. The van der Waals surface area contributed by atoms with Crippen LogP contribution in [0.4, 0.5) is 9.59 Å². The summed E-state index contributed by atoms with van der Waals surface area (Å²) >= 11 is 0. The summed E-state index contributed by atoms with van der Waals surface area (Å²) in [6.45, 7) is 10.8. The average Bonchev–Trinajstić information content (AvgIpc) is 3.53. The second-order valence-corrected chi connectivity index (χ2v) is 21.4. The van der Waals surface area contributed by atoms with E-state index in [9.17, 15) is 37.2 Å². The van der Waals surface area contributed by atoms with Gasteiger partial charge in [-0.3, -0.25) is 19.2 Å². The Morgan fingerprint density at radius 1 is 0.930 bits per heavy atom. The van der Waals surface area contributed by atoms with Gasteiger partial charge in [-0.05, 0) is 68.9 Å². The molecule has 0 spiro atoms. The van der Waals surface area contributed by atoms with Crippen LogP contribution in [0.1, 0.15) is 117 Å². The van der Waals surface area contributed by atoms with E-state index in [4.69, 9.17) is 10.5 Å². The zero-order valence-corrected chi connectivity index (χ0v) is 35.2. The number of nitrogens with one attached hydrogen (secondary N) is 3. The first-order chi connectivity index (χ1) is 26.6. The molecule has 0 aromatic heterocycles. The summed E-state index contributed by atoms with van der Waals surface area (Å²) < 4.78 is 31.7. The van der Waals surface area contributed by atoms with Crippen molar-refractivity contribution in [3.8, 4) is 0 Å². The molecule has 5 rings (SSSR count). The molecule has 1 aromatic rings. The van der Waals surface area contributed by atoms with Gasteiger partial charge >= 0.3 is 12.1 Å². The minimum Gasteiger partial charge on any atom is -0.444 e. The minimum atomic E-state index is -3.63. The lowest BCUT2D eigenvalue weighted by Crippen LogP contribution is -2.63.